The molecule has 0 fully saturated rings. The Morgan fingerprint density at radius 1 is 1.78 bits per heavy atom. The quantitative estimate of drug-likeness (QED) is 0.441. The summed E-state index contributed by atoms with van der Waals surface area (Å²) in [4.78, 5) is 14.6. The van der Waals surface area contributed by atoms with Crippen molar-refractivity contribution < 1.29 is 9.53 Å². The molecule has 0 aromatic heterocycles. The molecule has 1 unspecified atom stereocenters. The third kappa shape index (κ3) is 1.28. The second kappa shape index (κ2) is 2.17. The van der Waals surface area contributed by atoms with Crippen molar-refractivity contribution in [1.29, 1.82) is 0 Å². The van der Waals surface area contributed by atoms with Gasteiger partial charge in [0.1, 0.15) is 12.6 Å². The minimum Gasteiger partial charge on any atom is -0.458 e. The van der Waals surface area contributed by atoms with Crippen molar-refractivity contribution in [2.45, 2.75) is 19.9 Å². The first-order valence-electron chi connectivity index (χ1n) is 2.90. The zero-order valence-electron chi connectivity index (χ0n) is 5.55. The van der Waals surface area contributed by atoms with Gasteiger partial charge < -0.3 is 4.74 Å². The van der Waals surface area contributed by atoms with E-state index in [0.717, 1.165) is 5.71 Å². The van der Waals surface area contributed by atoms with Crippen LogP contribution in [0.25, 0.3) is 0 Å². The fourth-order valence-corrected chi connectivity index (χ4v) is 0.717. The van der Waals surface area contributed by atoms with E-state index in [9.17, 15) is 4.79 Å². The normalized spacial score (nSPS) is 27.1. The molecule has 1 aliphatic rings. The summed E-state index contributed by atoms with van der Waals surface area (Å²) in [6.07, 6.45) is 0. The van der Waals surface area contributed by atoms with Crippen molar-refractivity contribution in [3.8, 4) is 0 Å². The van der Waals surface area contributed by atoms with Crippen molar-refractivity contribution in [3.05, 3.63) is 0 Å². The minimum absolute atomic E-state index is 0.222. The van der Waals surface area contributed by atoms with E-state index in [1.165, 1.54) is 0 Å². The van der Waals surface area contributed by atoms with Gasteiger partial charge in [0.15, 0.2) is 0 Å². The molecule has 0 N–H and O–H groups in total. The maximum absolute atomic E-state index is 10.6. The molecular formula is C6H9NO2. The van der Waals surface area contributed by atoms with E-state index in [1.807, 2.05) is 6.92 Å². The van der Waals surface area contributed by atoms with Crippen LogP contribution in [0.2, 0.25) is 0 Å². The number of esters is 1. The molecule has 1 heterocycles. The molecule has 0 bridgehead atoms. The highest BCUT2D eigenvalue weighted by Crippen LogP contribution is 2.01. The second-order valence-electron chi connectivity index (χ2n) is 2.15. The smallest absolute Gasteiger partial charge is 0.330 e. The van der Waals surface area contributed by atoms with Gasteiger partial charge in [-0.25, -0.2) is 4.79 Å². The maximum Gasteiger partial charge on any atom is 0.330 e. The van der Waals surface area contributed by atoms with Gasteiger partial charge in [-0.2, -0.15) is 0 Å². The molecule has 1 aliphatic heterocycles. The molecular weight excluding hydrogens is 118 g/mol. The topological polar surface area (TPSA) is 38.7 Å². The van der Waals surface area contributed by atoms with Crippen LogP contribution in [0.4, 0.5) is 0 Å². The van der Waals surface area contributed by atoms with Crippen LogP contribution in [0.15, 0.2) is 4.99 Å². The molecule has 1 atom stereocenters. The average Bonchev–Trinajstić information content (AvgIpc) is 1.80. The molecule has 3 heteroatoms. The van der Waals surface area contributed by atoms with E-state index in [4.69, 9.17) is 4.74 Å². The van der Waals surface area contributed by atoms with E-state index in [0.29, 0.717) is 6.61 Å². The summed E-state index contributed by atoms with van der Waals surface area (Å²) in [6.45, 7) is 3.94. The zero-order chi connectivity index (χ0) is 6.85. The molecule has 0 aliphatic carbocycles. The predicted octanol–water partition coefficient (Wildman–Crippen LogP) is 0.393. The summed E-state index contributed by atoms with van der Waals surface area (Å²) in [5, 5.41) is 0. The number of carbonyl (C=O) groups excluding carboxylic acids is 1. The molecule has 3 nitrogen and oxygen atoms in total. The lowest BCUT2D eigenvalue weighted by Crippen LogP contribution is -2.27. The van der Waals surface area contributed by atoms with Gasteiger partial charge in [0.2, 0.25) is 0 Å². The van der Waals surface area contributed by atoms with Gasteiger partial charge in [-0.15, -0.1) is 0 Å². The maximum atomic E-state index is 10.6. The third-order valence-corrected chi connectivity index (χ3v) is 1.18. The number of hydrogen-bond donors (Lipinski definition) is 0. The van der Waals surface area contributed by atoms with Gasteiger partial charge in [-0.05, 0) is 13.8 Å². The van der Waals surface area contributed by atoms with Gasteiger partial charge in [-0.3, -0.25) is 4.99 Å². The summed E-state index contributed by atoms with van der Waals surface area (Å²) in [6, 6.07) is -0.293. The SMILES string of the molecule is CC1=NC(C)C(=O)OC1. The molecule has 0 amide bonds. The molecule has 0 radical (unpaired) electrons. The van der Waals surface area contributed by atoms with E-state index >= 15 is 0 Å². The summed E-state index contributed by atoms with van der Waals surface area (Å²) in [5.41, 5.74) is 0.891. The monoisotopic (exact) mass is 127 g/mol. The van der Waals surface area contributed by atoms with Crippen LogP contribution < -0.4 is 0 Å². The fraction of sp³-hybridized carbons (Fsp3) is 0.667. The van der Waals surface area contributed by atoms with Crippen molar-refractivity contribution >= 4 is 11.7 Å². The lowest BCUT2D eigenvalue weighted by Gasteiger charge is -2.13. The van der Waals surface area contributed by atoms with E-state index in [2.05, 4.69) is 4.99 Å². The Hall–Kier alpha value is -0.860. The summed E-state index contributed by atoms with van der Waals surface area (Å²) in [5.74, 6) is -0.222. The highest BCUT2D eigenvalue weighted by atomic mass is 16.5. The number of cyclic esters (lactones) is 1. The van der Waals surface area contributed by atoms with Crippen LogP contribution in [-0.2, 0) is 9.53 Å². The molecule has 0 saturated heterocycles. The number of rotatable bonds is 0. The van der Waals surface area contributed by atoms with E-state index < -0.39 is 0 Å². The van der Waals surface area contributed by atoms with Crippen molar-refractivity contribution in [2.24, 2.45) is 4.99 Å². The Bertz CT molecular complexity index is 162. The second-order valence-corrected chi connectivity index (χ2v) is 2.15. The molecule has 0 aromatic carbocycles. The summed E-state index contributed by atoms with van der Waals surface area (Å²) < 4.78 is 4.73. The summed E-state index contributed by atoms with van der Waals surface area (Å²) in [7, 11) is 0. The van der Waals surface area contributed by atoms with Crippen LogP contribution in [0.3, 0.4) is 0 Å². The molecule has 9 heavy (non-hydrogen) atoms. The lowest BCUT2D eigenvalue weighted by atomic mass is 10.3. The summed E-state index contributed by atoms with van der Waals surface area (Å²) >= 11 is 0. The first-order valence-corrected chi connectivity index (χ1v) is 2.90. The van der Waals surface area contributed by atoms with E-state index in [1.54, 1.807) is 6.92 Å². The Kier molecular flexibility index (Phi) is 1.51. The van der Waals surface area contributed by atoms with Crippen LogP contribution in [0, 0.1) is 0 Å². The Balaban J connectivity index is 2.69. The van der Waals surface area contributed by atoms with Gasteiger partial charge in [0, 0.05) is 5.71 Å². The van der Waals surface area contributed by atoms with Gasteiger partial charge in [0.25, 0.3) is 0 Å². The highest BCUT2D eigenvalue weighted by molar-refractivity contribution is 5.91. The minimum atomic E-state index is -0.293. The standard InChI is InChI=1S/C6H9NO2/c1-4-3-9-6(8)5(2)7-4/h5H,3H2,1-2H3. The van der Waals surface area contributed by atoms with Crippen LogP contribution in [0.1, 0.15) is 13.8 Å². The third-order valence-electron chi connectivity index (χ3n) is 1.18. The average molecular weight is 127 g/mol. The highest BCUT2D eigenvalue weighted by Gasteiger charge is 2.17. The molecule has 0 spiro atoms. The lowest BCUT2D eigenvalue weighted by molar-refractivity contribution is -0.143. The number of aliphatic imine (C=N–C) groups is 1. The first-order chi connectivity index (χ1) is 4.20. The predicted molar refractivity (Wildman–Crippen MR) is 33.5 cm³/mol. The van der Waals surface area contributed by atoms with Crippen molar-refractivity contribution in [2.75, 3.05) is 6.61 Å². The van der Waals surface area contributed by atoms with Crippen LogP contribution in [-0.4, -0.2) is 24.3 Å². The molecule has 50 valence electrons. The molecule has 0 saturated carbocycles. The Morgan fingerprint density at radius 3 is 2.89 bits per heavy atom. The van der Waals surface area contributed by atoms with Crippen molar-refractivity contribution in [3.63, 3.8) is 0 Å². The Morgan fingerprint density at radius 2 is 2.44 bits per heavy atom. The van der Waals surface area contributed by atoms with Crippen molar-refractivity contribution in [1.82, 2.24) is 0 Å². The molecule has 1 rings (SSSR count). The van der Waals surface area contributed by atoms with E-state index in [-0.39, 0.29) is 12.0 Å². The number of hydrogen-bond acceptors (Lipinski definition) is 3. The Labute approximate surface area is 53.7 Å². The number of carbonyl (C=O) groups is 1. The largest absolute Gasteiger partial charge is 0.458 e. The van der Waals surface area contributed by atoms with Crippen LogP contribution >= 0.6 is 0 Å². The zero-order valence-corrected chi connectivity index (χ0v) is 5.55. The van der Waals surface area contributed by atoms with Gasteiger partial charge in [-0.1, -0.05) is 0 Å². The fourth-order valence-electron chi connectivity index (χ4n) is 0.717. The number of nitrogens with zero attached hydrogens (tertiary/aromatic N) is 1. The first kappa shape index (κ1) is 6.26. The van der Waals surface area contributed by atoms with Gasteiger partial charge in [0.05, 0.1) is 0 Å². The van der Waals surface area contributed by atoms with Crippen LogP contribution in [0.5, 0.6) is 0 Å². The van der Waals surface area contributed by atoms with Gasteiger partial charge >= 0.3 is 5.97 Å². The number of ether oxygens (including phenoxy) is 1. The molecule has 0 aromatic rings.